The van der Waals surface area contributed by atoms with Gasteiger partial charge >= 0.3 is 0 Å². The quantitative estimate of drug-likeness (QED) is 0.793. The average Bonchev–Trinajstić information content (AvgIpc) is 3.38. The van der Waals surface area contributed by atoms with E-state index < -0.39 is 0 Å². The van der Waals surface area contributed by atoms with Crippen molar-refractivity contribution < 1.29 is 4.74 Å². The average molecular weight is 391 g/mol. The van der Waals surface area contributed by atoms with Gasteiger partial charge in [-0.2, -0.15) is 0 Å². The van der Waals surface area contributed by atoms with Crippen LogP contribution in [0, 0.1) is 0 Å². The first-order chi connectivity index (χ1) is 13.2. The van der Waals surface area contributed by atoms with Crippen LogP contribution < -0.4 is 15.1 Å². The molecule has 5 heterocycles. The van der Waals surface area contributed by atoms with Gasteiger partial charge in [0, 0.05) is 39.3 Å². The van der Waals surface area contributed by atoms with E-state index in [-0.39, 0.29) is 0 Å². The third-order valence-electron chi connectivity index (χ3n) is 6.09. The van der Waals surface area contributed by atoms with Crippen molar-refractivity contribution in [2.45, 2.75) is 37.8 Å². The Morgan fingerprint density at radius 3 is 2.93 bits per heavy atom. The zero-order valence-corrected chi connectivity index (χ0v) is 16.6. The highest BCUT2D eigenvalue weighted by atomic mass is 35.5. The molecule has 2 aromatic heterocycles. The number of fused-ring (bicyclic) bond motifs is 3. The number of nitrogens with zero attached hydrogens (tertiary/aromatic N) is 5. The summed E-state index contributed by atoms with van der Waals surface area (Å²) in [5.74, 6) is 1.93. The molecule has 1 N–H and O–H groups in total. The third-order valence-corrected chi connectivity index (χ3v) is 6.29. The lowest BCUT2D eigenvalue weighted by Crippen LogP contribution is -2.37. The molecule has 27 heavy (non-hydrogen) atoms. The SMILES string of the molecule is Cn1c(N2CCCCCNCC2)nc2c(N3CC4CC3CO4)nc(Cl)cc21. The van der Waals surface area contributed by atoms with Crippen molar-refractivity contribution >= 4 is 34.4 Å². The number of halogens is 1. The Morgan fingerprint density at radius 1 is 1.19 bits per heavy atom. The highest BCUT2D eigenvalue weighted by molar-refractivity contribution is 6.30. The predicted octanol–water partition coefficient (Wildman–Crippen LogP) is 2.18. The maximum Gasteiger partial charge on any atom is 0.206 e. The van der Waals surface area contributed by atoms with E-state index in [4.69, 9.17) is 21.3 Å². The van der Waals surface area contributed by atoms with Crippen LogP contribution in [0.15, 0.2) is 6.07 Å². The first kappa shape index (κ1) is 17.5. The summed E-state index contributed by atoms with van der Waals surface area (Å²) in [5, 5.41) is 4.06. The molecule has 0 amide bonds. The van der Waals surface area contributed by atoms with Crippen molar-refractivity contribution in [2.24, 2.45) is 7.05 Å². The summed E-state index contributed by atoms with van der Waals surface area (Å²) in [7, 11) is 2.09. The van der Waals surface area contributed by atoms with Crippen molar-refractivity contribution in [3.8, 4) is 0 Å². The van der Waals surface area contributed by atoms with E-state index in [0.717, 1.165) is 68.6 Å². The Labute approximate surface area is 164 Å². The lowest BCUT2D eigenvalue weighted by atomic mass is 10.2. The topological polar surface area (TPSA) is 58.5 Å². The van der Waals surface area contributed by atoms with Crippen LogP contribution in [0.5, 0.6) is 0 Å². The second-order valence-corrected chi connectivity index (χ2v) is 8.29. The van der Waals surface area contributed by atoms with Crippen LogP contribution in [-0.4, -0.2) is 66.0 Å². The van der Waals surface area contributed by atoms with Gasteiger partial charge in [0.1, 0.15) is 10.7 Å². The first-order valence-electron chi connectivity index (χ1n) is 10.1. The van der Waals surface area contributed by atoms with Crippen LogP contribution in [-0.2, 0) is 11.8 Å². The fraction of sp³-hybridized carbons (Fsp3) is 0.684. The molecule has 2 bridgehead atoms. The van der Waals surface area contributed by atoms with Gasteiger partial charge in [0.15, 0.2) is 5.82 Å². The second-order valence-electron chi connectivity index (χ2n) is 7.90. The number of imidazole rings is 1. The Kier molecular flexibility index (Phi) is 4.61. The zero-order valence-electron chi connectivity index (χ0n) is 15.8. The minimum Gasteiger partial charge on any atom is -0.374 e. The summed E-state index contributed by atoms with van der Waals surface area (Å²) in [4.78, 5) is 14.5. The fourth-order valence-corrected chi connectivity index (χ4v) is 4.83. The molecular formula is C19H27ClN6O. The summed E-state index contributed by atoms with van der Waals surface area (Å²) < 4.78 is 7.94. The zero-order chi connectivity index (χ0) is 18.4. The second kappa shape index (κ2) is 7.11. The summed E-state index contributed by atoms with van der Waals surface area (Å²) in [6.45, 7) is 5.76. The van der Waals surface area contributed by atoms with Gasteiger partial charge < -0.3 is 24.4 Å². The van der Waals surface area contributed by atoms with Crippen molar-refractivity contribution in [1.29, 1.82) is 0 Å². The van der Waals surface area contributed by atoms with E-state index >= 15 is 0 Å². The third kappa shape index (κ3) is 3.15. The molecule has 3 aliphatic rings. The van der Waals surface area contributed by atoms with E-state index in [1.807, 2.05) is 6.07 Å². The monoisotopic (exact) mass is 390 g/mol. The van der Waals surface area contributed by atoms with Gasteiger partial charge in [-0.3, -0.25) is 0 Å². The number of ether oxygens (including phenoxy) is 1. The van der Waals surface area contributed by atoms with Crippen molar-refractivity contribution in [3.63, 3.8) is 0 Å². The molecule has 0 aliphatic carbocycles. The van der Waals surface area contributed by atoms with Crippen molar-refractivity contribution in [3.05, 3.63) is 11.2 Å². The molecule has 8 heteroatoms. The lowest BCUT2D eigenvalue weighted by molar-refractivity contribution is 0.0990. The van der Waals surface area contributed by atoms with Gasteiger partial charge in [-0.05, 0) is 25.8 Å². The number of rotatable bonds is 2. The maximum absolute atomic E-state index is 6.41. The van der Waals surface area contributed by atoms with E-state index in [9.17, 15) is 0 Å². The molecule has 2 unspecified atom stereocenters. The number of pyridine rings is 1. The van der Waals surface area contributed by atoms with Gasteiger partial charge in [0.05, 0.1) is 24.3 Å². The number of nitrogens with one attached hydrogen (secondary N) is 1. The van der Waals surface area contributed by atoms with E-state index in [1.54, 1.807) is 0 Å². The van der Waals surface area contributed by atoms with Gasteiger partial charge in [-0.25, -0.2) is 9.97 Å². The minimum absolute atomic E-state index is 0.318. The van der Waals surface area contributed by atoms with Gasteiger partial charge in [-0.15, -0.1) is 0 Å². The lowest BCUT2D eigenvalue weighted by Gasteiger charge is -2.28. The van der Waals surface area contributed by atoms with Gasteiger partial charge in [-0.1, -0.05) is 18.0 Å². The molecule has 0 spiro atoms. The van der Waals surface area contributed by atoms with Gasteiger partial charge in [0.2, 0.25) is 5.95 Å². The van der Waals surface area contributed by atoms with Crippen LogP contribution in [0.3, 0.4) is 0 Å². The summed E-state index contributed by atoms with van der Waals surface area (Å²) in [6, 6.07) is 2.33. The van der Waals surface area contributed by atoms with Crippen LogP contribution in [0.2, 0.25) is 5.15 Å². The first-order valence-corrected chi connectivity index (χ1v) is 10.5. The smallest absolute Gasteiger partial charge is 0.206 e. The summed E-state index contributed by atoms with van der Waals surface area (Å²) in [5.41, 5.74) is 2.01. The number of hydrogen-bond donors (Lipinski definition) is 1. The number of morpholine rings is 1. The standard InChI is InChI=1S/C19H27ClN6O/c1-24-15-10-16(20)22-18(26-11-14-9-13(26)12-27-14)17(15)23-19(24)25-7-4-2-3-5-21-6-8-25/h10,13-14,21H,2-9,11-12H2,1H3. The largest absolute Gasteiger partial charge is 0.374 e. The van der Waals surface area contributed by atoms with Crippen molar-refractivity contribution in [1.82, 2.24) is 19.9 Å². The molecule has 2 aromatic rings. The Bertz CT molecular complexity index is 829. The fourth-order valence-electron chi connectivity index (χ4n) is 4.65. The molecule has 0 radical (unpaired) electrons. The van der Waals surface area contributed by atoms with E-state index in [0.29, 0.717) is 17.3 Å². The van der Waals surface area contributed by atoms with Crippen LogP contribution >= 0.6 is 11.6 Å². The number of aryl methyl sites for hydroxylation is 1. The molecule has 3 aliphatic heterocycles. The molecule has 0 saturated carbocycles. The molecule has 7 nitrogen and oxygen atoms in total. The Morgan fingerprint density at radius 2 is 2.11 bits per heavy atom. The van der Waals surface area contributed by atoms with Crippen LogP contribution in [0.4, 0.5) is 11.8 Å². The van der Waals surface area contributed by atoms with Crippen molar-refractivity contribution in [2.75, 3.05) is 49.1 Å². The van der Waals surface area contributed by atoms with E-state index in [2.05, 4.69) is 31.7 Å². The summed E-state index contributed by atoms with van der Waals surface area (Å²) in [6.07, 6.45) is 5.10. The highest BCUT2D eigenvalue weighted by Gasteiger charge is 2.40. The van der Waals surface area contributed by atoms with Crippen LogP contribution in [0.1, 0.15) is 25.7 Å². The number of aromatic nitrogens is 3. The van der Waals surface area contributed by atoms with Crippen LogP contribution in [0.25, 0.3) is 11.0 Å². The molecule has 3 saturated heterocycles. The molecule has 2 atom stereocenters. The predicted molar refractivity (Wildman–Crippen MR) is 108 cm³/mol. The molecule has 0 aromatic carbocycles. The maximum atomic E-state index is 6.41. The number of hydrogen-bond acceptors (Lipinski definition) is 6. The molecule has 3 fully saturated rings. The highest BCUT2D eigenvalue weighted by Crippen LogP contribution is 2.37. The molecular weight excluding hydrogens is 364 g/mol. The van der Waals surface area contributed by atoms with Gasteiger partial charge in [0.25, 0.3) is 0 Å². The molecule has 146 valence electrons. The number of anilines is 2. The van der Waals surface area contributed by atoms with E-state index in [1.165, 1.54) is 19.3 Å². The Hall–Kier alpha value is -1.57. The normalized spacial score (nSPS) is 26.4. The Balaban J connectivity index is 1.54. The minimum atomic E-state index is 0.318. The molecule has 5 rings (SSSR count). The summed E-state index contributed by atoms with van der Waals surface area (Å²) >= 11 is 6.41.